The molecular formula is C20H28N2O2. The number of rotatable bonds is 5. The molecule has 2 atom stereocenters. The molecule has 4 nitrogen and oxygen atoms in total. The predicted octanol–water partition coefficient (Wildman–Crippen LogP) is 3.13. The molecule has 2 aliphatic rings. The fourth-order valence-corrected chi connectivity index (χ4v) is 3.73. The molecule has 130 valence electrons. The number of nitrogens with zero attached hydrogens (tertiary/aromatic N) is 1. The lowest BCUT2D eigenvalue weighted by Gasteiger charge is -2.38. The summed E-state index contributed by atoms with van der Waals surface area (Å²) in [5.41, 5.74) is 9.31. The van der Waals surface area contributed by atoms with Crippen LogP contribution in [0, 0.1) is 18.8 Å². The van der Waals surface area contributed by atoms with Gasteiger partial charge in [-0.3, -0.25) is 0 Å². The van der Waals surface area contributed by atoms with Gasteiger partial charge in [-0.05, 0) is 61.6 Å². The first kappa shape index (κ1) is 16.9. The van der Waals surface area contributed by atoms with Crippen LogP contribution in [-0.4, -0.2) is 38.8 Å². The SMILES string of the molecule is COC1=CC2CCN(CCc3ccc(N)c(C)c3)CC2C=C1OC. The minimum atomic E-state index is 0.515. The number of likely N-dealkylation sites (tertiary alicyclic amines) is 1. The topological polar surface area (TPSA) is 47.7 Å². The van der Waals surface area contributed by atoms with Gasteiger partial charge in [-0.15, -0.1) is 0 Å². The number of nitrogen functional groups attached to an aromatic ring is 1. The average Bonchev–Trinajstić information content (AvgIpc) is 2.61. The van der Waals surface area contributed by atoms with Gasteiger partial charge in [0, 0.05) is 24.7 Å². The van der Waals surface area contributed by atoms with Gasteiger partial charge in [0.25, 0.3) is 0 Å². The summed E-state index contributed by atoms with van der Waals surface area (Å²) in [5.74, 6) is 2.83. The van der Waals surface area contributed by atoms with Crippen LogP contribution in [0.4, 0.5) is 5.69 Å². The molecule has 0 bridgehead atoms. The second-order valence-electron chi connectivity index (χ2n) is 6.83. The van der Waals surface area contributed by atoms with E-state index in [1.807, 2.05) is 6.07 Å². The monoisotopic (exact) mass is 328 g/mol. The summed E-state index contributed by atoms with van der Waals surface area (Å²) in [6.07, 6.45) is 6.72. The lowest BCUT2D eigenvalue weighted by atomic mass is 9.81. The van der Waals surface area contributed by atoms with Crippen LogP contribution in [0.3, 0.4) is 0 Å². The Kier molecular flexibility index (Phi) is 5.14. The van der Waals surface area contributed by atoms with E-state index in [-0.39, 0.29) is 0 Å². The zero-order chi connectivity index (χ0) is 17.1. The molecule has 0 spiro atoms. The van der Waals surface area contributed by atoms with Crippen molar-refractivity contribution in [2.24, 2.45) is 11.8 Å². The molecule has 1 aromatic carbocycles. The van der Waals surface area contributed by atoms with Crippen molar-refractivity contribution in [3.8, 4) is 0 Å². The molecule has 2 unspecified atom stereocenters. The maximum atomic E-state index is 5.91. The van der Waals surface area contributed by atoms with Crippen LogP contribution in [-0.2, 0) is 15.9 Å². The summed E-state index contributed by atoms with van der Waals surface area (Å²) in [6.45, 7) is 5.38. The first-order chi connectivity index (χ1) is 11.6. The highest BCUT2D eigenvalue weighted by Gasteiger charge is 2.31. The number of allylic oxidation sites excluding steroid dienone is 1. The highest BCUT2D eigenvalue weighted by molar-refractivity contribution is 5.47. The Morgan fingerprint density at radius 2 is 1.83 bits per heavy atom. The number of methoxy groups -OCH3 is 2. The van der Waals surface area contributed by atoms with E-state index in [4.69, 9.17) is 15.2 Å². The van der Waals surface area contributed by atoms with Crippen LogP contribution < -0.4 is 5.73 Å². The molecule has 1 aliphatic carbocycles. The molecule has 1 aromatic rings. The molecule has 0 saturated carbocycles. The Bertz CT molecular complexity index is 651. The van der Waals surface area contributed by atoms with Crippen molar-refractivity contribution in [1.29, 1.82) is 0 Å². The number of nitrogens with two attached hydrogens (primary N) is 1. The number of hydrogen-bond acceptors (Lipinski definition) is 4. The van der Waals surface area contributed by atoms with Gasteiger partial charge >= 0.3 is 0 Å². The third-order valence-electron chi connectivity index (χ3n) is 5.26. The Labute approximate surface area is 144 Å². The fraction of sp³-hybridized carbons (Fsp3) is 0.500. The Morgan fingerprint density at radius 3 is 2.50 bits per heavy atom. The minimum Gasteiger partial charge on any atom is -0.493 e. The van der Waals surface area contributed by atoms with E-state index < -0.39 is 0 Å². The zero-order valence-electron chi connectivity index (χ0n) is 14.9. The van der Waals surface area contributed by atoms with Crippen LogP contribution in [0.5, 0.6) is 0 Å². The van der Waals surface area contributed by atoms with E-state index in [0.717, 1.165) is 43.3 Å². The molecule has 1 fully saturated rings. The maximum Gasteiger partial charge on any atom is 0.156 e. The Morgan fingerprint density at radius 1 is 1.12 bits per heavy atom. The summed E-state index contributed by atoms with van der Waals surface area (Å²) in [7, 11) is 3.42. The van der Waals surface area contributed by atoms with Gasteiger partial charge in [0.1, 0.15) is 0 Å². The summed E-state index contributed by atoms with van der Waals surface area (Å²) in [5, 5.41) is 0. The van der Waals surface area contributed by atoms with Gasteiger partial charge < -0.3 is 20.1 Å². The third-order valence-corrected chi connectivity index (χ3v) is 5.26. The van der Waals surface area contributed by atoms with E-state index in [0.29, 0.717) is 11.8 Å². The predicted molar refractivity (Wildman–Crippen MR) is 97.5 cm³/mol. The maximum absolute atomic E-state index is 5.91. The van der Waals surface area contributed by atoms with Gasteiger partial charge in [-0.1, -0.05) is 12.1 Å². The van der Waals surface area contributed by atoms with Crippen molar-refractivity contribution in [2.45, 2.75) is 19.8 Å². The molecule has 1 saturated heterocycles. The van der Waals surface area contributed by atoms with Crippen LogP contribution in [0.1, 0.15) is 17.5 Å². The van der Waals surface area contributed by atoms with Crippen molar-refractivity contribution >= 4 is 5.69 Å². The second kappa shape index (κ2) is 7.31. The van der Waals surface area contributed by atoms with Gasteiger partial charge in [-0.2, -0.15) is 0 Å². The molecule has 1 aliphatic heterocycles. The number of hydrogen-bond donors (Lipinski definition) is 1. The van der Waals surface area contributed by atoms with E-state index in [9.17, 15) is 0 Å². The smallest absolute Gasteiger partial charge is 0.156 e. The summed E-state index contributed by atoms with van der Waals surface area (Å²) in [6, 6.07) is 6.37. The average molecular weight is 328 g/mol. The summed E-state index contributed by atoms with van der Waals surface area (Å²) < 4.78 is 10.9. The van der Waals surface area contributed by atoms with Crippen molar-refractivity contribution in [2.75, 3.05) is 39.6 Å². The third kappa shape index (κ3) is 3.59. The molecule has 3 rings (SSSR count). The molecule has 2 N–H and O–H groups in total. The van der Waals surface area contributed by atoms with Crippen LogP contribution in [0.25, 0.3) is 0 Å². The molecule has 4 heteroatoms. The minimum absolute atomic E-state index is 0.515. The fourth-order valence-electron chi connectivity index (χ4n) is 3.73. The van der Waals surface area contributed by atoms with Crippen LogP contribution in [0.15, 0.2) is 41.9 Å². The van der Waals surface area contributed by atoms with Gasteiger partial charge in [0.15, 0.2) is 11.5 Å². The summed E-state index contributed by atoms with van der Waals surface area (Å²) in [4.78, 5) is 2.56. The first-order valence-corrected chi connectivity index (χ1v) is 8.70. The second-order valence-corrected chi connectivity index (χ2v) is 6.83. The van der Waals surface area contributed by atoms with Crippen molar-refractivity contribution in [3.63, 3.8) is 0 Å². The normalized spacial score (nSPS) is 24.0. The highest BCUT2D eigenvalue weighted by atomic mass is 16.5. The summed E-state index contributed by atoms with van der Waals surface area (Å²) >= 11 is 0. The quantitative estimate of drug-likeness (QED) is 0.844. The molecule has 1 heterocycles. The Hall–Kier alpha value is -1.94. The van der Waals surface area contributed by atoms with Crippen LogP contribution >= 0.6 is 0 Å². The molecular weight excluding hydrogens is 300 g/mol. The van der Waals surface area contributed by atoms with Gasteiger partial charge in [0.2, 0.25) is 0 Å². The largest absolute Gasteiger partial charge is 0.493 e. The number of benzene rings is 1. The number of fused-ring (bicyclic) bond motifs is 1. The highest BCUT2D eigenvalue weighted by Crippen LogP contribution is 2.34. The van der Waals surface area contributed by atoms with Crippen LogP contribution in [0.2, 0.25) is 0 Å². The van der Waals surface area contributed by atoms with E-state index in [1.165, 1.54) is 17.5 Å². The molecule has 0 amide bonds. The molecule has 24 heavy (non-hydrogen) atoms. The zero-order valence-corrected chi connectivity index (χ0v) is 14.9. The lowest BCUT2D eigenvalue weighted by Crippen LogP contribution is -2.41. The standard InChI is InChI=1S/C20H28N2O2/c1-14-10-15(4-5-18(14)21)6-8-22-9-7-16-11-19(23-2)20(24-3)12-17(16)13-22/h4-5,10-12,16-17H,6-9,13,21H2,1-3H3. The number of aryl methyl sites for hydroxylation is 1. The number of ether oxygens (including phenoxy) is 2. The van der Waals surface area contributed by atoms with E-state index in [1.54, 1.807) is 14.2 Å². The van der Waals surface area contributed by atoms with E-state index >= 15 is 0 Å². The number of anilines is 1. The van der Waals surface area contributed by atoms with Gasteiger partial charge in [-0.25, -0.2) is 0 Å². The van der Waals surface area contributed by atoms with Crippen molar-refractivity contribution < 1.29 is 9.47 Å². The van der Waals surface area contributed by atoms with E-state index in [2.05, 4.69) is 36.1 Å². The van der Waals surface area contributed by atoms with Gasteiger partial charge in [0.05, 0.1) is 14.2 Å². The molecule has 0 radical (unpaired) electrons. The van der Waals surface area contributed by atoms with Crippen molar-refractivity contribution in [3.05, 3.63) is 53.0 Å². The first-order valence-electron chi connectivity index (χ1n) is 8.70. The lowest BCUT2D eigenvalue weighted by molar-refractivity contribution is 0.146. The molecule has 0 aromatic heterocycles. The number of piperidine rings is 1. The Balaban J connectivity index is 1.60. The van der Waals surface area contributed by atoms with Crippen molar-refractivity contribution in [1.82, 2.24) is 4.90 Å².